The molecular formula is C12H28Na2O16S. The van der Waals surface area contributed by atoms with E-state index in [1.165, 1.54) is 0 Å². The van der Waals surface area contributed by atoms with Crippen LogP contribution in [0.2, 0.25) is 0 Å². The first-order valence-corrected chi connectivity index (χ1v) is 8.96. The Morgan fingerprint density at radius 3 is 0.645 bits per heavy atom. The van der Waals surface area contributed by atoms with Gasteiger partial charge in [0.15, 0.2) is 0 Å². The Kier molecular flexibility index (Phi) is 31.8. The predicted octanol–water partition coefficient (Wildman–Crippen LogP) is -14.5. The van der Waals surface area contributed by atoms with E-state index in [4.69, 9.17) is 78.8 Å². The van der Waals surface area contributed by atoms with Crippen LogP contribution in [0.5, 0.6) is 0 Å². The minimum absolute atomic E-state index is 0. The summed E-state index contributed by atoms with van der Waals surface area (Å²) in [6, 6.07) is 0. The third-order valence-electron chi connectivity index (χ3n) is 3.02. The maximum atomic E-state index is 8.96. The average Bonchev–Trinajstić information content (AvgIpc) is 2.67. The summed E-state index contributed by atoms with van der Waals surface area (Å²) in [6.07, 6.45) is -12.8. The molecular weight excluding hydrogens is 478 g/mol. The standard InChI is InChI=1S/2C6H14O6.2Na.H2O4S/c2*7-1-3(9)5(11)6(12)4(10)2-8;;;1-5(2,3)4/h2*3-12H,1-2H2;;;(H2,1,2,3,4)/q;;2*+1;/p-2/t2*3-,4+,5-,6-;;;/m11.../s1. The molecule has 0 spiro atoms. The van der Waals surface area contributed by atoms with Gasteiger partial charge in [0, 0.05) is 10.4 Å². The maximum absolute atomic E-state index is 8.96. The number of aliphatic hydroxyl groups excluding tert-OH is 12. The Bertz CT molecular complexity index is 421. The van der Waals surface area contributed by atoms with Crippen molar-refractivity contribution in [3.05, 3.63) is 0 Å². The first-order valence-electron chi connectivity index (χ1n) is 7.63. The van der Waals surface area contributed by atoms with Gasteiger partial charge < -0.3 is 70.4 Å². The van der Waals surface area contributed by atoms with Gasteiger partial charge in [-0.15, -0.1) is 0 Å². The van der Waals surface area contributed by atoms with E-state index in [2.05, 4.69) is 0 Å². The van der Waals surface area contributed by atoms with Crippen LogP contribution in [-0.2, 0) is 10.4 Å². The number of rotatable bonds is 10. The summed E-state index contributed by atoms with van der Waals surface area (Å²) in [5.41, 5.74) is 0. The Hall–Kier alpha value is 1.39. The van der Waals surface area contributed by atoms with E-state index >= 15 is 0 Å². The van der Waals surface area contributed by atoms with E-state index in [-0.39, 0.29) is 59.1 Å². The van der Waals surface area contributed by atoms with Crippen LogP contribution in [-0.4, -0.2) is 154 Å². The summed E-state index contributed by atoms with van der Waals surface area (Å²) in [7, 11) is -5.17. The molecule has 0 aromatic heterocycles. The third-order valence-corrected chi connectivity index (χ3v) is 3.02. The zero-order valence-electron chi connectivity index (χ0n) is 16.9. The van der Waals surface area contributed by atoms with E-state index < -0.39 is 85.7 Å². The largest absolute Gasteiger partial charge is 1.00 e. The third kappa shape index (κ3) is 24.3. The van der Waals surface area contributed by atoms with Gasteiger partial charge in [0.2, 0.25) is 0 Å². The van der Waals surface area contributed by atoms with E-state index in [0.29, 0.717) is 0 Å². The minimum atomic E-state index is -5.17. The van der Waals surface area contributed by atoms with Crippen molar-refractivity contribution in [3.63, 3.8) is 0 Å². The van der Waals surface area contributed by atoms with Crippen LogP contribution in [0.4, 0.5) is 0 Å². The molecule has 0 bridgehead atoms. The van der Waals surface area contributed by atoms with Crippen LogP contribution in [0.25, 0.3) is 0 Å². The Morgan fingerprint density at radius 2 is 0.581 bits per heavy atom. The number of hydrogen-bond donors (Lipinski definition) is 12. The van der Waals surface area contributed by atoms with Crippen molar-refractivity contribution in [1.82, 2.24) is 0 Å². The second-order valence-corrected chi connectivity index (χ2v) is 6.19. The Balaban J connectivity index is -0.000000114. The monoisotopic (exact) mass is 506 g/mol. The van der Waals surface area contributed by atoms with Crippen molar-refractivity contribution >= 4 is 10.4 Å². The fourth-order valence-corrected chi connectivity index (χ4v) is 1.34. The van der Waals surface area contributed by atoms with Crippen LogP contribution < -0.4 is 59.1 Å². The van der Waals surface area contributed by atoms with E-state index in [1.807, 2.05) is 0 Å². The van der Waals surface area contributed by atoms with Crippen molar-refractivity contribution in [1.29, 1.82) is 0 Å². The summed E-state index contributed by atoms with van der Waals surface area (Å²) in [6.45, 7) is -2.90. The molecule has 0 radical (unpaired) electrons. The van der Waals surface area contributed by atoms with Crippen molar-refractivity contribution in [3.8, 4) is 0 Å². The molecule has 0 rings (SSSR count). The summed E-state index contributed by atoms with van der Waals surface area (Å²) in [4.78, 5) is 0. The number of hydrogen-bond acceptors (Lipinski definition) is 16. The number of aliphatic hydroxyl groups is 12. The molecule has 19 heteroatoms. The smallest absolute Gasteiger partial charge is 0.759 e. The molecule has 180 valence electrons. The van der Waals surface area contributed by atoms with Crippen LogP contribution in [0.3, 0.4) is 0 Å². The van der Waals surface area contributed by atoms with Gasteiger partial charge in [-0.3, -0.25) is 8.42 Å². The molecule has 0 saturated heterocycles. The summed E-state index contributed by atoms with van der Waals surface area (Å²) in [5.74, 6) is 0. The van der Waals surface area contributed by atoms with E-state index in [9.17, 15) is 0 Å². The quantitative estimate of drug-likeness (QED) is 0.0743. The van der Waals surface area contributed by atoms with E-state index in [1.54, 1.807) is 0 Å². The van der Waals surface area contributed by atoms with Crippen molar-refractivity contribution in [2.45, 2.75) is 48.8 Å². The zero-order valence-corrected chi connectivity index (χ0v) is 21.7. The van der Waals surface area contributed by atoms with Gasteiger partial charge in [-0.1, -0.05) is 0 Å². The molecule has 0 heterocycles. The Labute approximate surface area is 222 Å². The normalized spacial score (nSPS) is 18.5. The molecule has 31 heavy (non-hydrogen) atoms. The van der Waals surface area contributed by atoms with Gasteiger partial charge in [0.1, 0.15) is 48.8 Å². The first-order chi connectivity index (χ1) is 13.1. The molecule has 0 aromatic carbocycles. The van der Waals surface area contributed by atoms with Crippen LogP contribution in [0, 0.1) is 0 Å². The minimum Gasteiger partial charge on any atom is -0.759 e. The van der Waals surface area contributed by atoms with Crippen LogP contribution >= 0.6 is 0 Å². The van der Waals surface area contributed by atoms with Gasteiger partial charge in [-0.05, 0) is 0 Å². The fourth-order valence-electron chi connectivity index (χ4n) is 1.34. The van der Waals surface area contributed by atoms with Crippen molar-refractivity contribution in [2.24, 2.45) is 0 Å². The molecule has 0 saturated carbocycles. The first kappa shape index (κ1) is 42.5. The van der Waals surface area contributed by atoms with Gasteiger partial charge in [0.05, 0.1) is 26.4 Å². The molecule has 0 aliphatic carbocycles. The topological polar surface area (TPSA) is 323 Å². The van der Waals surface area contributed by atoms with Gasteiger partial charge in [-0.25, -0.2) is 0 Å². The molecule has 12 N–H and O–H groups in total. The van der Waals surface area contributed by atoms with E-state index in [0.717, 1.165) is 0 Å². The molecule has 0 amide bonds. The summed E-state index contributed by atoms with van der Waals surface area (Å²) in [5, 5.41) is 104. The molecule has 0 aromatic rings. The predicted molar refractivity (Wildman–Crippen MR) is 86.9 cm³/mol. The van der Waals surface area contributed by atoms with Gasteiger partial charge >= 0.3 is 59.1 Å². The maximum Gasteiger partial charge on any atom is 1.00 e. The van der Waals surface area contributed by atoms with Crippen LogP contribution in [0.1, 0.15) is 0 Å². The Morgan fingerprint density at radius 1 is 0.484 bits per heavy atom. The van der Waals surface area contributed by atoms with Crippen molar-refractivity contribution < 1.29 is 138 Å². The molecule has 0 aliphatic heterocycles. The molecule has 16 nitrogen and oxygen atoms in total. The average molecular weight is 506 g/mol. The molecule has 0 aliphatic rings. The summed E-state index contributed by atoms with van der Waals surface area (Å²) >= 11 is 0. The second-order valence-electron chi connectivity index (χ2n) is 5.37. The van der Waals surface area contributed by atoms with Crippen molar-refractivity contribution in [2.75, 3.05) is 26.4 Å². The second kappa shape index (κ2) is 23.1. The zero-order chi connectivity index (χ0) is 23.9. The molecule has 8 atom stereocenters. The SMILES string of the molecule is O=S(=O)([O-])[O-].OC[C@@H](O)[C@@H](O)[C@H](O)[C@@H](O)CO.OC[C@@H](O)[C@@H](O)[C@H](O)[C@@H](O)CO.[Na+].[Na+]. The van der Waals surface area contributed by atoms with Gasteiger partial charge in [0.25, 0.3) is 0 Å². The molecule has 0 fully saturated rings. The molecule has 0 unspecified atom stereocenters. The van der Waals surface area contributed by atoms with Crippen LogP contribution in [0.15, 0.2) is 0 Å². The summed E-state index contributed by atoms with van der Waals surface area (Å²) < 4.78 is 34.1. The van der Waals surface area contributed by atoms with Gasteiger partial charge in [-0.2, -0.15) is 0 Å². The fraction of sp³-hybridized carbons (Fsp3) is 1.00.